The number of hydrogen-bond acceptors (Lipinski definition) is 10. The van der Waals surface area contributed by atoms with Crippen LogP contribution in [0.25, 0.3) is 33.3 Å². The molecule has 258 valence electrons. The highest BCUT2D eigenvalue weighted by molar-refractivity contribution is 9.10. The molecule has 0 N–H and O–H groups in total. The minimum atomic E-state index is -0.436. The van der Waals surface area contributed by atoms with Gasteiger partial charge in [-0.2, -0.15) is 0 Å². The zero-order valence-corrected chi connectivity index (χ0v) is 30.5. The molecule has 0 spiro atoms. The van der Waals surface area contributed by atoms with E-state index in [1.165, 1.54) is 23.0 Å². The Hall–Kier alpha value is -4.92. The molecule has 5 heterocycles. The third kappa shape index (κ3) is 7.32. The van der Waals surface area contributed by atoms with Crippen LogP contribution in [-0.4, -0.2) is 49.0 Å². The van der Waals surface area contributed by atoms with Gasteiger partial charge in [-0.25, -0.2) is 9.59 Å². The summed E-state index contributed by atoms with van der Waals surface area (Å²) in [5.74, 6) is -0.751. The zero-order valence-electron chi connectivity index (χ0n) is 28.9. The molecule has 0 amide bonds. The standard InChI is InChI=1S/C15H12N2O3.C14H18BNO4.C7H6BrNO/c1-9(18)11-5-6-16-8-12(11)10-3-4-14-13(7-10)17(2)15(19)20-14;1-13(2)14(3,4)20-15(19-13)9-6-7-11-10(8-9)16(5)12(17)18-11;1-5(10)6-2-3-9-4-7(6)8/h3-8H,1-2H3;6-8H,1-5H3;2-4H,1H3. The maximum atomic E-state index is 11.7. The second kappa shape index (κ2) is 14.1. The SMILES string of the molecule is CC(=O)c1ccncc1-c1ccc2oc(=O)n(C)c2c1.CC(=O)c1ccncc1Br.Cn1c(=O)oc2ccc(B3OC(C)(C)C(C)(C)O3)cc21. The topological polar surface area (TPSA) is 149 Å². The van der Waals surface area contributed by atoms with E-state index in [0.717, 1.165) is 26.6 Å². The van der Waals surface area contributed by atoms with E-state index in [1.54, 1.807) is 63.1 Å². The Morgan fingerprint density at radius 2 is 1.22 bits per heavy atom. The molecule has 50 heavy (non-hydrogen) atoms. The van der Waals surface area contributed by atoms with Crippen LogP contribution in [0.4, 0.5) is 0 Å². The van der Waals surface area contributed by atoms with Crippen molar-refractivity contribution in [1.29, 1.82) is 0 Å². The van der Waals surface area contributed by atoms with E-state index in [0.29, 0.717) is 27.8 Å². The lowest BCUT2D eigenvalue weighted by molar-refractivity contribution is 0.00578. The molecule has 4 aromatic heterocycles. The van der Waals surface area contributed by atoms with E-state index in [4.69, 9.17) is 18.1 Å². The van der Waals surface area contributed by atoms with Crippen LogP contribution < -0.4 is 17.0 Å². The smallest absolute Gasteiger partial charge is 0.408 e. The van der Waals surface area contributed by atoms with Crippen molar-refractivity contribution < 1.29 is 27.7 Å². The Morgan fingerprint density at radius 3 is 1.74 bits per heavy atom. The van der Waals surface area contributed by atoms with Gasteiger partial charge in [-0.05, 0) is 105 Å². The van der Waals surface area contributed by atoms with Crippen molar-refractivity contribution in [2.45, 2.75) is 52.7 Å². The average Bonchev–Trinajstić information content (AvgIpc) is 3.61. The van der Waals surface area contributed by atoms with Gasteiger partial charge in [0.15, 0.2) is 22.7 Å². The molecule has 1 saturated heterocycles. The summed E-state index contributed by atoms with van der Waals surface area (Å²) >= 11 is 3.21. The molecule has 0 saturated carbocycles. The van der Waals surface area contributed by atoms with Gasteiger partial charge in [0.2, 0.25) is 0 Å². The quantitative estimate of drug-likeness (QED) is 0.159. The number of carbonyl (C=O) groups excluding carboxylic acids is 2. The number of carbonyl (C=O) groups is 2. The Morgan fingerprint density at radius 1 is 0.720 bits per heavy atom. The number of Topliss-reactive ketones (excluding diaryl/α,β-unsaturated/α-hetero) is 2. The fourth-order valence-corrected chi connectivity index (χ4v) is 5.69. The highest BCUT2D eigenvalue weighted by Crippen LogP contribution is 2.36. The van der Waals surface area contributed by atoms with Crippen LogP contribution in [0, 0.1) is 0 Å². The molecule has 6 aromatic rings. The zero-order chi connectivity index (χ0) is 36.5. The van der Waals surface area contributed by atoms with Gasteiger partial charge in [-0.3, -0.25) is 28.7 Å². The fraction of sp³-hybridized carbons (Fsp3) is 0.278. The summed E-state index contributed by atoms with van der Waals surface area (Å²) in [5, 5.41) is 0. The van der Waals surface area contributed by atoms with Gasteiger partial charge in [0.25, 0.3) is 0 Å². The first-order valence-corrected chi connectivity index (χ1v) is 16.4. The summed E-state index contributed by atoms with van der Waals surface area (Å²) < 4.78 is 25.9. The Labute approximate surface area is 296 Å². The van der Waals surface area contributed by atoms with Crippen LogP contribution in [0.3, 0.4) is 0 Å². The first kappa shape index (κ1) is 36.4. The molecule has 14 heteroatoms. The highest BCUT2D eigenvalue weighted by atomic mass is 79.9. The Bertz CT molecular complexity index is 2340. The first-order valence-electron chi connectivity index (χ1n) is 15.6. The molecular formula is C36H36BBrN4O8. The number of ketones is 2. The van der Waals surface area contributed by atoms with Crippen LogP contribution in [0.5, 0.6) is 0 Å². The second-order valence-electron chi connectivity index (χ2n) is 12.7. The molecule has 1 aliphatic rings. The van der Waals surface area contributed by atoms with Crippen LogP contribution in [0.1, 0.15) is 62.3 Å². The lowest BCUT2D eigenvalue weighted by Crippen LogP contribution is -2.41. The van der Waals surface area contributed by atoms with Crippen LogP contribution >= 0.6 is 15.9 Å². The monoisotopic (exact) mass is 742 g/mol. The van der Waals surface area contributed by atoms with Crippen molar-refractivity contribution in [2.75, 3.05) is 0 Å². The van der Waals surface area contributed by atoms with Crippen LogP contribution in [-0.2, 0) is 23.4 Å². The number of aryl methyl sites for hydroxylation is 2. The van der Waals surface area contributed by atoms with Gasteiger partial charge >= 0.3 is 18.6 Å². The summed E-state index contributed by atoms with van der Waals surface area (Å²) in [6.45, 7) is 11.1. The highest BCUT2D eigenvalue weighted by Gasteiger charge is 2.51. The summed E-state index contributed by atoms with van der Waals surface area (Å²) in [4.78, 5) is 53.4. The summed E-state index contributed by atoms with van der Waals surface area (Å²) in [5.41, 5.74) is 5.49. The molecule has 2 aromatic carbocycles. The maximum absolute atomic E-state index is 11.7. The molecule has 0 radical (unpaired) electrons. The first-order chi connectivity index (χ1) is 23.5. The van der Waals surface area contributed by atoms with Gasteiger partial charge in [-0.1, -0.05) is 12.1 Å². The van der Waals surface area contributed by atoms with Gasteiger partial charge in [0.05, 0.1) is 22.2 Å². The number of fused-ring (bicyclic) bond motifs is 2. The molecule has 1 fully saturated rings. The average molecular weight is 743 g/mol. The molecular weight excluding hydrogens is 707 g/mol. The fourth-order valence-electron chi connectivity index (χ4n) is 5.16. The van der Waals surface area contributed by atoms with E-state index >= 15 is 0 Å². The Balaban J connectivity index is 0.000000154. The normalized spacial score (nSPS) is 14.5. The minimum absolute atomic E-state index is 0.0245. The van der Waals surface area contributed by atoms with Gasteiger partial charge in [0.1, 0.15) is 0 Å². The maximum Gasteiger partial charge on any atom is 0.494 e. The van der Waals surface area contributed by atoms with E-state index in [-0.39, 0.29) is 28.5 Å². The molecule has 0 atom stereocenters. The Kier molecular flexibility index (Phi) is 10.3. The minimum Gasteiger partial charge on any atom is -0.408 e. The van der Waals surface area contributed by atoms with Crippen molar-refractivity contribution in [3.05, 3.63) is 110 Å². The molecule has 1 aliphatic heterocycles. The predicted molar refractivity (Wildman–Crippen MR) is 194 cm³/mol. The van der Waals surface area contributed by atoms with Crippen molar-refractivity contribution in [3.8, 4) is 11.1 Å². The van der Waals surface area contributed by atoms with Gasteiger partial charge in [0, 0.05) is 60.0 Å². The van der Waals surface area contributed by atoms with Gasteiger partial charge in [-0.15, -0.1) is 0 Å². The molecule has 0 bridgehead atoms. The summed E-state index contributed by atoms with van der Waals surface area (Å²) in [6.07, 6.45) is 6.45. The third-order valence-electron chi connectivity index (χ3n) is 8.80. The van der Waals surface area contributed by atoms with Crippen LogP contribution in [0.15, 0.2) is 96.2 Å². The van der Waals surface area contributed by atoms with Crippen molar-refractivity contribution >= 4 is 62.3 Å². The number of hydrogen-bond donors (Lipinski definition) is 0. The molecule has 0 unspecified atom stereocenters. The molecule has 0 aliphatic carbocycles. The largest absolute Gasteiger partial charge is 0.494 e. The molecule has 12 nitrogen and oxygen atoms in total. The number of pyridine rings is 2. The van der Waals surface area contributed by atoms with Gasteiger partial charge < -0.3 is 18.1 Å². The van der Waals surface area contributed by atoms with E-state index in [1.807, 2.05) is 52.0 Å². The number of nitrogens with zero attached hydrogens (tertiary/aromatic N) is 4. The number of benzene rings is 2. The van der Waals surface area contributed by atoms with Crippen molar-refractivity contribution in [3.63, 3.8) is 0 Å². The van der Waals surface area contributed by atoms with Crippen molar-refractivity contribution in [2.24, 2.45) is 14.1 Å². The lowest BCUT2D eigenvalue weighted by Gasteiger charge is -2.32. The summed E-state index contributed by atoms with van der Waals surface area (Å²) in [7, 11) is 2.89. The van der Waals surface area contributed by atoms with E-state index < -0.39 is 12.9 Å². The predicted octanol–water partition coefficient (Wildman–Crippen LogP) is 5.87. The number of rotatable bonds is 4. The lowest BCUT2D eigenvalue weighted by atomic mass is 9.79. The number of oxazole rings is 2. The van der Waals surface area contributed by atoms with Crippen LogP contribution in [0.2, 0.25) is 0 Å². The molecule has 7 rings (SSSR count). The van der Waals surface area contributed by atoms with Crippen molar-refractivity contribution in [1.82, 2.24) is 19.1 Å². The second-order valence-corrected chi connectivity index (χ2v) is 13.6. The number of halogens is 1. The number of aromatic nitrogens is 4. The summed E-state index contributed by atoms with van der Waals surface area (Å²) in [6, 6.07) is 14.3. The third-order valence-corrected chi connectivity index (χ3v) is 9.43. The van der Waals surface area contributed by atoms with E-state index in [2.05, 4.69) is 25.9 Å². The van der Waals surface area contributed by atoms with E-state index in [9.17, 15) is 19.2 Å².